The summed E-state index contributed by atoms with van der Waals surface area (Å²) in [4.78, 5) is 10.5. The van der Waals surface area contributed by atoms with E-state index in [-0.39, 0.29) is 6.54 Å². The van der Waals surface area contributed by atoms with E-state index in [9.17, 15) is 19.6 Å². The highest BCUT2D eigenvalue weighted by Gasteiger charge is 2.29. The summed E-state index contributed by atoms with van der Waals surface area (Å²) in [7, 11) is 4.13. The molecule has 0 aromatic carbocycles. The third kappa shape index (κ3) is 5.24. The number of carboxylic acids is 1. The summed E-state index contributed by atoms with van der Waals surface area (Å²) in [6.45, 7) is 0.170. The summed E-state index contributed by atoms with van der Waals surface area (Å²) in [5.74, 6) is -1.56. The molecular formula is C7H15NO5P+. The second-order valence-electron chi connectivity index (χ2n) is 3.98. The van der Waals surface area contributed by atoms with Crippen LogP contribution < -0.4 is 5.11 Å². The minimum absolute atomic E-state index is 0.170. The van der Waals surface area contributed by atoms with Crippen LogP contribution in [0.1, 0.15) is 0 Å². The van der Waals surface area contributed by atoms with Crippen LogP contribution in [-0.4, -0.2) is 55.5 Å². The molecule has 7 heteroatoms. The second-order valence-corrected chi connectivity index (χ2v) is 4.38. The molecule has 0 heterocycles. The van der Waals surface area contributed by atoms with E-state index in [1.165, 1.54) is 0 Å². The number of aliphatic hydroxyl groups excluding tert-OH is 1. The maximum Gasteiger partial charge on any atom is 0.494 e. The largest absolute Gasteiger partial charge is 0.547 e. The van der Waals surface area contributed by atoms with Gasteiger partial charge in [0.2, 0.25) is 0 Å². The highest BCUT2D eigenvalue weighted by Crippen LogP contribution is 2.09. The van der Waals surface area contributed by atoms with Gasteiger partial charge in [-0.2, -0.15) is 0 Å². The van der Waals surface area contributed by atoms with E-state index in [1.807, 2.05) is 0 Å². The Morgan fingerprint density at radius 1 is 1.57 bits per heavy atom. The van der Waals surface area contributed by atoms with Crippen LogP contribution in [0.25, 0.3) is 0 Å². The van der Waals surface area contributed by atoms with Gasteiger partial charge in [0, 0.05) is 0 Å². The van der Waals surface area contributed by atoms with E-state index >= 15 is 0 Å². The summed E-state index contributed by atoms with van der Waals surface area (Å²) in [6.07, 6.45) is -2.77. The van der Waals surface area contributed by atoms with Gasteiger partial charge in [0.15, 0.2) is 6.10 Å². The van der Waals surface area contributed by atoms with Crippen molar-refractivity contribution < 1.29 is 28.6 Å². The fraction of sp³-hybridized carbons (Fsp3) is 0.857. The third-order valence-electron chi connectivity index (χ3n) is 1.49. The molecule has 0 bridgehead atoms. The SMILES string of the molecule is C[N+](C)(C)CC(O)C(O[PH+]=O)C(=O)[O-]. The number of hydrogen-bond acceptors (Lipinski definition) is 5. The van der Waals surface area contributed by atoms with Crippen LogP contribution in [-0.2, 0) is 13.9 Å². The number of nitrogens with zero attached hydrogens (tertiary/aromatic N) is 1. The summed E-state index contributed by atoms with van der Waals surface area (Å²) in [6, 6.07) is 0. The monoisotopic (exact) mass is 224 g/mol. The van der Waals surface area contributed by atoms with Crippen molar-refractivity contribution in [2.75, 3.05) is 27.7 Å². The van der Waals surface area contributed by atoms with Crippen molar-refractivity contribution in [2.24, 2.45) is 0 Å². The smallest absolute Gasteiger partial charge is 0.494 e. The van der Waals surface area contributed by atoms with Gasteiger partial charge in [0.25, 0.3) is 0 Å². The number of likely N-dealkylation sites (N-methyl/N-ethyl adjacent to an activating group) is 1. The maximum absolute atomic E-state index is 10.5. The Labute approximate surface area is 84.0 Å². The van der Waals surface area contributed by atoms with E-state index in [0.717, 1.165) is 0 Å². The third-order valence-corrected chi connectivity index (χ3v) is 1.84. The first-order valence-electron chi connectivity index (χ1n) is 4.00. The lowest BCUT2D eigenvalue weighted by molar-refractivity contribution is -0.873. The molecule has 0 aromatic heterocycles. The highest BCUT2D eigenvalue weighted by molar-refractivity contribution is 7.17. The molecule has 1 N–H and O–H groups in total. The van der Waals surface area contributed by atoms with E-state index in [1.54, 1.807) is 21.1 Å². The van der Waals surface area contributed by atoms with Gasteiger partial charge < -0.3 is 19.5 Å². The first kappa shape index (κ1) is 13.4. The Kier molecular flexibility index (Phi) is 5.15. The Bertz CT molecular complexity index is 215. The molecule has 82 valence electrons. The molecule has 0 aromatic rings. The number of quaternary nitrogens is 1. The van der Waals surface area contributed by atoms with E-state index in [0.29, 0.717) is 4.48 Å². The van der Waals surface area contributed by atoms with Crippen molar-refractivity contribution >= 4 is 14.7 Å². The molecule has 0 aliphatic rings. The maximum atomic E-state index is 10.5. The van der Waals surface area contributed by atoms with Crippen molar-refractivity contribution in [1.82, 2.24) is 0 Å². The number of carboxylic acid groups (broad SMARTS) is 1. The zero-order chi connectivity index (χ0) is 11.4. The first-order valence-corrected chi connectivity index (χ1v) is 4.82. The summed E-state index contributed by atoms with van der Waals surface area (Å²) >= 11 is 0. The molecule has 0 rings (SSSR count). The summed E-state index contributed by atoms with van der Waals surface area (Å²) < 4.78 is 14.8. The van der Waals surface area contributed by atoms with Crippen LogP contribution in [0.3, 0.4) is 0 Å². The molecule has 0 aliphatic carbocycles. The Morgan fingerprint density at radius 2 is 2.07 bits per heavy atom. The van der Waals surface area contributed by atoms with Gasteiger partial charge in [0.1, 0.15) is 12.6 Å². The molecule has 3 unspecified atom stereocenters. The van der Waals surface area contributed by atoms with Gasteiger partial charge in [-0.25, -0.2) is 0 Å². The first-order chi connectivity index (χ1) is 6.28. The quantitative estimate of drug-likeness (QED) is 0.422. The molecule has 0 spiro atoms. The van der Waals surface area contributed by atoms with E-state index in [2.05, 4.69) is 4.52 Å². The predicted octanol–water partition coefficient (Wildman–Crippen LogP) is -1.87. The van der Waals surface area contributed by atoms with E-state index in [4.69, 9.17) is 0 Å². The Morgan fingerprint density at radius 3 is 2.36 bits per heavy atom. The highest BCUT2D eigenvalue weighted by atomic mass is 31.1. The molecule has 0 amide bonds. The lowest BCUT2D eigenvalue weighted by atomic mass is 10.2. The second kappa shape index (κ2) is 5.36. The number of rotatable bonds is 6. The molecule has 0 radical (unpaired) electrons. The van der Waals surface area contributed by atoms with Crippen LogP contribution in [0.4, 0.5) is 0 Å². The predicted molar refractivity (Wildman–Crippen MR) is 47.8 cm³/mol. The number of aliphatic carboxylic acids is 1. The van der Waals surface area contributed by atoms with Crippen LogP contribution in [0.2, 0.25) is 0 Å². The molecule has 0 saturated carbocycles. The van der Waals surface area contributed by atoms with Gasteiger partial charge in [-0.3, -0.25) is 0 Å². The zero-order valence-electron chi connectivity index (χ0n) is 8.39. The summed E-state index contributed by atoms with van der Waals surface area (Å²) in [5.41, 5.74) is 0. The molecular weight excluding hydrogens is 209 g/mol. The van der Waals surface area contributed by atoms with Crippen molar-refractivity contribution in [3.05, 3.63) is 0 Å². The normalized spacial score (nSPS) is 16.6. The van der Waals surface area contributed by atoms with Gasteiger partial charge >= 0.3 is 8.69 Å². The Balaban J connectivity index is 4.36. The van der Waals surface area contributed by atoms with E-state index < -0.39 is 26.9 Å². The van der Waals surface area contributed by atoms with Gasteiger partial charge in [-0.05, 0) is 4.57 Å². The fourth-order valence-corrected chi connectivity index (χ4v) is 1.35. The van der Waals surface area contributed by atoms with Crippen LogP contribution in [0.15, 0.2) is 0 Å². The van der Waals surface area contributed by atoms with Crippen LogP contribution >= 0.6 is 8.69 Å². The number of carbonyl (C=O) groups is 1. The minimum Gasteiger partial charge on any atom is -0.547 e. The number of hydrogen-bond donors (Lipinski definition) is 1. The number of aliphatic hydroxyl groups is 1. The average Bonchev–Trinajstić information content (AvgIpc) is 1.95. The molecule has 0 saturated heterocycles. The standard InChI is InChI=1S/C7H15NO5P/c1-8(2,3)4-5(9)6(7(10)11)13-14-12/h5-6,9,14H,4H2,1-3H3/q+1. The lowest BCUT2D eigenvalue weighted by Gasteiger charge is -2.28. The van der Waals surface area contributed by atoms with Crippen LogP contribution in [0.5, 0.6) is 0 Å². The van der Waals surface area contributed by atoms with Crippen molar-refractivity contribution in [3.8, 4) is 0 Å². The molecule has 14 heavy (non-hydrogen) atoms. The topological polar surface area (TPSA) is 86.7 Å². The van der Waals surface area contributed by atoms with Crippen molar-refractivity contribution in [1.29, 1.82) is 0 Å². The van der Waals surface area contributed by atoms with Gasteiger partial charge in [-0.15, -0.1) is 4.52 Å². The van der Waals surface area contributed by atoms with Crippen molar-refractivity contribution in [3.63, 3.8) is 0 Å². The summed E-state index contributed by atoms with van der Waals surface area (Å²) in [5, 5.41) is 19.9. The lowest BCUT2D eigenvalue weighted by Crippen LogP contribution is -2.51. The average molecular weight is 224 g/mol. The number of carbonyl (C=O) groups excluding carboxylic acids is 1. The zero-order valence-corrected chi connectivity index (χ0v) is 9.39. The molecule has 6 nitrogen and oxygen atoms in total. The Hall–Kier alpha value is -0.550. The minimum atomic E-state index is -1.56. The van der Waals surface area contributed by atoms with Crippen molar-refractivity contribution in [2.45, 2.75) is 12.2 Å². The molecule has 3 atom stereocenters. The van der Waals surface area contributed by atoms with Crippen LogP contribution in [0, 0.1) is 0 Å². The fourth-order valence-electron chi connectivity index (χ4n) is 0.992. The van der Waals surface area contributed by atoms with Gasteiger partial charge in [0.05, 0.1) is 27.1 Å². The van der Waals surface area contributed by atoms with Gasteiger partial charge in [-0.1, -0.05) is 0 Å². The molecule has 0 aliphatic heterocycles. The molecule has 0 fully saturated rings.